The van der Waals surface area contributed by atoms with Gasteiger partial charge in [-0.2, -0.15) is 0 Å². The molecule has 6 nitrogen and oxygen atoms in total. The average Bonchev–Trinajstić information content (AvgIpc) is 2.52. The average molecular weight is 320 g/mol. The number of carbonyl (C=O) groups excluding carboxylic acids is 2. The summed E-state index contributed by atoms with van der Waals surface area (Å²) in [5.41, 5.74) is 0.576. The Hall–Kier alpha value is -2.60. The van der Waals surface area contributed by atoms with Gasteiger partial charge in [-0.15, -0.1) is 0 Å². The molecule has 3 N–H and O–H groups in total. The Labute approximate surface area is 131 Å². The fraction of sp³-hybridized carbons (Fsp3) is 0.133. The molecule has 0 aliphatic rings. The largest absolute Gasteiger partial charge is 0.350 e. The highest BCUT2D eigenvalue weighted by atomic mass is 35.5. The van der Waals surface area contributed by atoms with Crippen LogP contribution >= 0.6 is 11.6 Å². The lowest BCUT2D eigenvalue weighted by atomic mass is 10.2. The number of halogens is 1. The molecule has 0 spiro atoms. The molecule has 0 saturated carbocycles. The molecule has 0 unspecified atom stereocenters. The molecule has 114 valence electrons. The van der Waals surface area contributed by atoms with Crippen LogP contribution in [0, 0.1) is 0 Å². The van der Waals surface area contributed by atoms with Gasteiger partial charge < -0.3 is 15.6 Å². The molecule has 0 aliphatic carbocycles. The van der Waals surface area contributed by atoms with Crippen LogP contribution in [0.25, 0.3) is 0 Å². The molecule has 1 aromatic carbocycles. The normalized spacial score (nSPS) is 10.0. The molecule has 0 radical (unpaired) electrons. The molecule has 2 rings (SSSR count). The Balaban J connectivity index is 1.76. The van der Waals surface area contributed by atoms with Crippen molar-refractivity contribution in [2.75, 3.05) is 13.1 Å². The van der Waals surface area contributed by atoms with E-state index < -0.39 is 0 Å². The summed E-state index contributed by atoms with van der Waals surface area (Å²) in [6, 6.07) is 9.22. The molecule has 0 saturated heterocycles. The van der Waals surface area contributed by atoms with E-state index in [0.29, 0.717) is 16.1 Å². The summed E-state index contributed by atoms with van der Waals surface area (Å²) in [7, 11) is 0. The van der Waals surface area contributed by atoms with Crippen molar-refractivity contribution in [3.8, 4) is 0 Å². The Morgan fingerprint density at radius 2 is 1.45 bits per heavy atom. The van der Waals surface area contributed by atoms with Crippen molar-refractivity contribution < 1.29 is 9.59 Å². The summed E-state index contributed by atoms with van der Waals surface area (Å²) in [5, 5.41) is 5.88. The van der Waals surface area contributed by atoms with Gasteiger partial charge in [0.1, 0.15) is 0 Å². The van der Waals surface area contributed by atoms with E-state index in [4.69, 9.17) is 11.6 Å². The highest BCUT2D eigenvalue weighted by molar-refractivity contribution is 6.30. The number of hydrogen-bond acceptors (Lipinski definition) is 3. The summed E-state index contributed by atoms with van der Waals surface area (Å²) in [6.07, 6.45) is 1.34. The topological polar surface area (TPSA) is 91.1 Å². The fourth-order valence-electron chi connectivity index (χ4n) is 1.71. The highest BCUT2D eigenvalue weighted by Gasteiger charge is 2.06. The number of aromatic amines is 1. The van der Waals surface area contributed by atoms with E-state index >= 15 is 0 Å². The number of aromatic nitrogens is 1. The highest BCUT2D eigenvalue weighted by Crippen LogP contribution is 2.09. The van der Waals surface area contributed by atoms with Crippen molar-refractivity contribution in [1.82, 2.24) is 15.6 Å². The van der Waals surface area contributed by atoms with Gasteiger partial charge in [-0.25, -0.2) is 0 Å². The van der Waals surface area contributed by atoms with E-state index in [0.717, 1.165) is 0 Å². The maximum Gasteiger partial charge on any atom is 0.252 e. The van der Waals surface area contributed by atoms with Gasteiger partial charge in [-0.1, -0.05) is 11.6 Å². The van der Waals surface area contributed by atoms with E-state index in [1.165, 1.54) is 18.3 Å². The molecule has 2 aromatic rings. The van der Waals surface area contributed by atoms with Crippen molar-refractivity contribution in [2.24, 2.45) is 0 Å². The van der Waals surface area contributed by atoms with Crippen LogP contribution in [0.4, 0.5) is 0 Å². The third kappa shape index (κ3) is 4.46. The monoisotopic (exact) mass is 319 g/mol. The number of amides is 2. The smallest absolute Gasteiger partial charge is 0.252 e. The minimum absolute atomic E-state index is 0.241. The van der Waals surface area contributed by atoms with E-state index in [1.54, 1.807) is 24.3 Å². The molecule has 0 atom stereocenters. The van der Waals surface area contributed by atoms with Gasteiger partial charge >= 0.3 is 0 Å². The summed E-state index contributed by atoms with van der Waals surface area (Å²) in [5.74, 6) is -0.563. The first-order valence-corrected chi connectivity index (χ1v) is 6.95. The van der Waals surface area contributed by atoms with E-state index in [-0.39, 0.29) is 30.5 Å². The summed E-state index contributed by atoms with van der Waals surface area (Å²) in [6.45, 7) is 0.563. The Kier molecular flexibility index (Phi) is 5.32. The number of benzene rings is 1. The van der Waals surface area contributed by atoms with Gasteiger partial charge in [-0.05, 0) is 30.3 Å². The lowest BCUT2D eigenvalue weighted by Gasteiger charge is -2.07. The van der Waals surface area contributed by atoms with Gasteiger partial charge in [0.15, 0.2) is 0 Å². The molecule has 0 bridgehead atoms. The van der Waals surface area contributed by atoms with Crippen molar-refractivity contribution in [3.05, 3.63) is 69.1 Å². The minimum atomic E-state index is -0.322. The Morgan fingerprint density at radius 3 is 2.00 bits per heavy atom. The maximum atomic E-state index is 11.8. The molecule has 0 fully saturated rings. The molecule has 22 heavy (non-hydrogen) atoms. The summed E-state index contributed by atoms with van der Waals surface area (Å²) >= 11 is 5.74. The van der Waals surface area contributed by atoms with E-state index in [9.17, 15) is 14.4 Å². The maximum absolute atomic E-state index is 11.8. The fourth-order valence-corrected chi connectivity index (χ4v) is 1.84. The molecule has 2 amide bonds. The van der Waals surface area contributed by atoms with E-state index in [2.05, 4.69) is 15.6 Å². The van der Waals surface area contributed by atoms with Crippen molar-refractivity contribution in [3.63, 3.8) is 0 Å². The van der Waals surface area contributed by atoms with Crippen LogP contribution < -0.4 is 16.2 Å². The van der Waals surface area contributed by atoms with Crippen molar-refractivity contribution >= 4 is 23.4 Å². The lowest BCUT2D eigenvalue weighted by molar-refractivity contribution is 0.0927. The van der Waals surface area contributed by atoms with Crippen molar-refractivity contribution in [1.29, 1.82) is 0 Å². The molecular weight excluding hydrogens is 306 g/mol. The standard InChI is InChI=1S/C15H14ClN3O3/c16-12-4-1-10(2-5-12)14(21)17-7-8-18-15(22)11-3-6-13(20)19-9-11/h1-6,9H,7-8H2,(H,17,21)(H,18,22)(H,19,20). The van der Waals surface area contributed by atoms with Crippen LogP contribution in [0.1, 0.15) is 20.7 Å². The number of rotatable bonds is 5. The van der Waals surface area contributed by atoms with Gasteiger partial charge in [-0.3, -0.25) is 14.4 Å². The second-order valence-electron chi connectivity index (χ2n) is 4.46. The molecule has 7 heteroatoms. The van der Waals surface area contributed by atoms with Crippen LogP contribution in [-0.4, -0.2) is 29.9 Å². The number of pyridine rings is 1. The van der Waals surface area contributed by atoms with E-state index in [1.807, 2.05) is 0 Å². The molecular formula is C15H14ClN3O3. The third-order valence-electron chi connectivity index (χ3n) is 2.85. The second kappa shape index (κ2) is 7.42. The number of carbonyl (C=O) groups is 2. The van der Waals surface area contributed by atoms with Gasteiger partial charge in [0.2, 0.25) is 5.56 Å². The first kappa shape index (κ1) is 15.8. The number of hydrogen-bond donors (Lipinski definition) is 3. The summed E-state index contributed by atoms with van der Waals surface area (Å²) < 4.78 is 0. The number of H-pyrrole nitrogens is 1. The lowest BCUT2D eigenvalue weighted by Crippen LogP contribution is -2.34. The Bertz CT molecular complexity index is 705. The van der Waals surface area contributed by atoms with Crippen LogP contribution in [0.2, 0.25) is 5.02 Å². The molecule has 1 heterocycles. The molecule has 1 aromatic heterocycles. The van der Waals surface area contributed by atoms with Crippen LogP contribution in [0.15, 0.2) is 47.4 Å². The Morgan fingerprint density at radius 1 is 0.909 bits per heavy atom. The van der Waals surface area contributed by atoms with Crippen LogP contribution in [-0.2, 0) is 0 Å². The predicted molar refractivity (Wildman–Crippen MR) is 83.2 cm³/mol. The zero-order valence-electron chi connectivity index (χ0n) is 11.6. The number of nitrogens with one attached hydrogen (secondary N) is 3. The zero-order chi connectivity index (χ0) is 15.9. The first-order valence-electron chi connectivity index (χ1n) is 6.57. The van der Waals surface area contributed by atoms with Gasteiger partial charge in [0, 0.05) is 35.9 Å². The first-order chi connectivity index (χ1) is 10.6. The summed E-state index contributed by atoms with van der Waals surface area (Å²) in [4.78, 5) is 36.9. The second-order valence-corrected chi connectivity index (χ2v) is 4.90. The van der Waals surface area contributed by atoms with Crippen molar-refractivity contribution in [2.45, 2.75) is 0 Å². The van der Waals surface area contributed by atoms with Crippen LogP contribution in [0.3, 0.4) is 0 Å². The van der Waals surface area contributed by atoms with Gasteiger partial charge in [0.05, 0.1) is 5.56 Å². The zero-order valence-corrected chi connectivity index (χ0v) is 12.3. The quantitative estimate of drug-likeness (QED) is 0.723. The predicted octanol–water partition coefficient (Wildman–Crippen LogP) is 1.19. The third-order valence-corrected chi connectivity index (χ3v) is 3.10. The molecule has 0 aliphatic heterocycles. The SMILES string of the molecule is O=C(NCCNC(=O)c1ccc(=O)[nH]c1)c1ccc(Cl)cc1. The minimum Gasteiger partial charge on any atom is -0.350 e. The van der Waals surface area contributed by atoms with Gasteiger partial charge in [0.25, 0.3) is 11.8 Å². The van der Waals surface area contributed by atoms with Crippen LogP contribution in [0.5, 0.6) is 0 Å².